The van der Waals surface area contributed by atoms with Gasteiger partial charge < -0.3 is 5.11 Å². The summed E-state index contributed by atoms with van der Waals surface area (Å²) in [6.07, 6.45) is 4.93. The maximum absolute atomic E-state index is 13.1. The summed E-state index contributed by atoms with van der Waals surface area (Å²) in [5.41, 5.74) is 6.19. The van der Waals surface area contributed by atoms with Gasteiger partial charge in [-0.25, -0.2) is 9.97 Å². The zero-order valence-electron chi connectivity index (χ0n) is 19.9. The number of allylic oxidation sites excluding steroid dienone is 1. The lowest BCUT2D eigenvalue weighted by atomic mass is 9.52. The molecule has 0 amide bonds. The Kier molecular flexibility index (Phi) is 5.03. The number of rotatable bonds is 2. The first-order chi connectivity index (χ1) is 17.0. The van der Waals surface area contributed by atoms with Crippen molar-refractivity contribution in [2.75, 3.05) is 0 Å². The second kappa shape index (κ2) is 8.12. The number of fused-ring (bicyclic) bond motifs is 4. The molecule has 5 nitrogen and oxygen atoms in total. The second-order valence-corrected chi connectivity index (χ2v) is 9.82. The number of nitrogens with zero attached hydrogens (tertiary/aromatic N) is 3. The van der Waals surface area contributed by atoms with Crippen molar-refractivity contribution in [2.24, 2.45) is 11.8 Å². The molecule has 1 fully saturated rings. The molecule has 2 aliphatic carbocycles. The molecule has 5 heteroatoms. The van der Waals surface area contributed by atoms with E-state index in [0.717, 1.165) is 58.1 Å². The van der Waals surface area contributed by atoms with Crippen LogP contribution in [0.4, 0.5) is 0 Å². The minimum Gasteiger partial charge on any atom is -0.515 e. The molecule has 6 rings (SSSR count). The average molecular weight is 462 g/mol. The van der Waals surface area contributed by atoms with Gasteiger partial charge in [0.1, 0.15) is 5.82 Å². The molecular weight excluding hydrogens is 434 g/mol. The number of hydrogen-bond acceptors (Lipinski definition) is 5. The van der Waals surface area contributed by atoms with Gasteiger partial charge in [-0.3, -0.25) is 9.78 Å². The Bertz CT molecular complexity index is 1490. The van der Waals surface area contributed by atoms with Crippen LogP contribution in [0.5, 0.6) is 0 Å². The highest BCUT2D eigenvalue weighted by Crippen LogP contribution is 2.56. The van der Waals surface area contributed by atoms with E-state index in [0.29, 0.717) is 17.8 Å². The quantitative estimate of drug-likeness (QED) is 0.297. The third-order valence-electron chi connectivity index (χ3n) is 8.00. The van der Waals surface area contributed by atoms with Crippen LogP contribution in [-0.2, 0) is 16.6 Å². The van der Waals surface area contributed by atoms with Crippen LogP contribution in [0.15, 0.2) is 78.7 Å². The Morgan fingerprint density at radius 2 is 1.89 bits per heavy atom. The Hall–Kier alpha value is -3.86. The predicted octanol–water partition coefficient (Wildman–Crippen LogP) is 5.90. The lowest BCUT2D eigenvalue weighted by molar-refractivity contribution is -0.123. The van der Waals surface area contributed by atoms with Crippen LogP contribution in [0.25, 0.3) is 22.2 Å². The largest absolute Gasteiger partial charge is 0.515 e. The summed E-state index contributed by atoms with van der Waals surface area (Å²) < 4.78 is 0. The summed E-state index contributed by atoms with van der Waals surface area (Å²) in [5.74, 6) is 0.637. The van der Waals surface area contributed by atoms with Gasteiger partial charge in [-0.05, 0) is 55.9 Å². The van der Waals surface area contributed by atoms with Crippen LogP contribution < -0.4 is 0 Å². The topological polar surface area (TPSA) is 76.0 Å². The van der Waals surface area contributed by atoms with E-state index in [2.05, 4.69) is 35.3 Å². The van der Waals surface area contributed by atoms with Crippen molar-refractivity contribution in [1.82, 2.24) is 15.0 Å². The molecule has 3 atom stereocenters. The number of aliphatic hydroxyl groups is 1. The van der Waals surface area contributed by atoms with Crippen LogP contribution in [-0.4, -0.2) is 25.8 Å². The Labute approximate surface area is 204 Å². The third kappa shape index (κ3) is 3.22. The summed E-state index contributed by atoms with van der Waals surface area (Å²) >= 11 is 0. The molecule has 174 valence electrons. The molecule has 1 saturated carbocycles. The molecular formula is C30H27N3O2. The van der Waals surface area contributed by atoms with Gasteiger partial charge in [0.15, 0.2) is 5.78 Å². The van der Waals surface area contributed by atoms with Gasteiger partial charge in [-0.2, -0.15) is 0 Å². The fraction of sp³-hybridized carbons (Fsp3) is 0.267. The number of hydrogen-bond donors (Lipinski definition) is 1. The van der Waals surface area contributed by atoms with E-state index in [-0.39, 0.29) is 17.6 Å². The summed E-state index contributed by atoms with van der Waals surface area (Å²) in [6.45, 7) is 3.94. The number of carbonyl (C=O) groups is 1. The molecule has 2 heterocycles. The van der Waals surface area contributed by atoms with Crippen LogP contribution in [0.3, 0.4) is 0 Å². The molecule has 35 heavy (non-hydrogen) atoms. The predicted molar refractivity (Wildman–Crippen MR) is 136 cm³/mol. The molecule has 2 aliphatic rings. The van der Waals surface area contributed by atoms with Crippen molar-refractivity contribution in [3.63, 3.8) is 0 Å². The van der Waals surface area contributed by atoms with E-state index in [1.807, 2.05) is 44.2 Å². The lowest BCUT2D eigenvalue weighted by Crippen LogP contribution is -2.51. The number of benzene rings is 2. The van der Waals surface area contributed by atoms with E-state index < -0.39 is 5.41 Å². The van der Waals surface area contributed by atoms with Crippen LogP contribution >= 0.6 is 0 Å². The van der Waals surface area contributed by atoms with E-state index in [4.69, 9.17) is 9.97 Å². The fourth-order valence-electron chi connectivity index (χ4n) is 6.44. The first-order valence-corrected chi connectivity index (χ1v) is 12.2. The number of Topliss-reactive ketones (excluding diaryl/α,β-unsaturated/α-hetero) is 1. The fourth-order valence-corrected chi connectivity index (χ4v) is 6.44. The molecule has 0 saturated heterocycles. The summed E-state index contributed by atoms with van der Waals surface area (Å²) in [6, 6.07) is 20.7. The highest BCUT2D eigenvalue weighted by atomic mass is 16.2. The first-order valence-electron chi connectivity index (χ1n) is 12.2. The normalized spacial score (nSPS) is 24.9. The number of aryl methyl sites for hydroxylation is 1. The van der Waals surface area contributed by atoms with E-state index in [1.54, 1.807) is 6.20 Å². The minimum absolute atomic E-state index is 0.0422. The highest BCUT2D eigenvalue weighted by Gasteiger charge is 2.55. The van der Waals surface area contributed by atoms with Crippen molar-refractivity contribution < 1.29 is 9.90 Å². The van der Waals surface area contributed by atoms with Crippen LogP contribution in [0, 0.1) is 18.8 Å². The van der Waals surface area contributed by atoms with Gasteiger partial charge in [-0.15, -0.1) is 0 Å². The highest BCUT2D eigenvalue weighted by molar-refractivity contribution is 5.98. The molecule has 0 bridgehead atoms. The lowest BCUT2D eigenvalue weighted by Gasteiger charge is -2.51. The number of carbonyl (C=O) groups excluding carboxylic acids is 1. The number of aromatic nitrogens is 3. The SMILES string of the molecule is Cc1nc(-c2ccc3ncccc3c2)c2c(n1)[C@@]1(c3ccccc3)CC(=CO)C(=O)[C@@H](C)[C@@H]1CC2. The number of ketones is 1. The summed E-state index contributed by atoms with van der Waals surface area (Å²) in [4.78, 5) is 27.6. The van der Waals surface area contributed by atoms with Crippen molar-refractivity contribution in [1.29, 1.82) is 0 Å². The zero-order valence-corrected chi connectivity index (χ0v) is 19.9. The molecule has 2 aromatic heterocycles. The monoisotopic (exact) mass is 461 g/mol. The van der Waals surface area contributed by atoms with Crippen molar-refractivity contribution in [3.8, 4) is 11.3 Å². The minimum atomic E-state index is -0.502. The van der Waals surface area contributed by atoms with Gasteiger partial charge in [0.05, 0.1) is 23.2 Å². The van der Waals surface area contributed by atoms with Crippen LogP contribution in [0.2, 0.25) is 0 Å². The van der Waals surface area contributed by atoms with Crippen molar-refractivity contribution >= 4 is 16.7 Å². The maximum Gasteiger partial charge on any atom is 0.165 e. The molecule has 0 radical (unpaired) electrons. The molecule has 1 N–H and O–H groups in total. The summed E-state index contributed by atoms with van der Waals surface area (Å²) in [5, 5.41) is 11.1. The van der Waals surface area contributed by atoms with E-state index in [1.165, 1.54) is 0 Å². The van der Waals surface area contributed by atoms with Crippen LogP contribution in [0.1, 0.15) is 42.4 Å². The first kappa shape index (κ1) is 21.7. The second-order valence-electron chi connectivity index (χ2n) is 9.82. The standard InChI is InChI=1S/C30H27N3O2/c1-18-25-12-11-24-27(21-10-13-26-20(15-21)7-6-14-31-26)32-19(2)33-29(24)30(25,16-22(17-34)28(18)35)23-8-4-3-5-9-23/h3-10,13-15,17-18,25,34H,11-12,16H2,1-2H3/t18-,25-,30+/m0/s1. The molecule has 0 spiro atoms. The van der Waals surface area contributed by atoms with E-state index >= 15 is 0 Å². The molecule has 0 aliphatic heterocycles. The zero-order chi connectivity index (χ0) is 24.2. The van der Waals surface area contributed by atoms with Crippen molar-refractivity contribution in [2.45, 2.75) is 38.5 Å². The Morgan fingerprint density at radius 1 is 1.06 bits per heavy atom. The Morgan fingerprint density at radius 3 is 2.69 bits per heavy atom. The molecule has 0 unspecified atom stereocenters. The van der Waals surface area contributed by atoms with Gasteiger partial charge in [-0.1, -0.05) is 49.4 Å². The average Bonchev–Trinajstić information content (AvgIpc) is 2.90. The number of aliphatic hydroxyl groups excluding tert-OH is 1. The van der Waals surface area contributed by atoms with Gasteiger partial charge >= 0.3 is 0 Å². The van der Waals surface area contributed by atoms with Crippen molar-refractivity contribution in [3.05, 3.63) is 101 Å². The van der Waals surface area contributed by atoms with Gasteiger partial charge in [0.25, 0.3) is 0 Å². The molecule has 4 aromatic rings. The Balaban J connectivity index is 1.64. The smallest absolute Gasteiger partial charge is 0.165 e. The maximum atomic E-state index is 13.1. The van der Waals surface area contributed by atoms with Gasteiger partial charge in [0, 0.05) is 39.6 Å². The summed E-state index contributed by atoms with van der Waals surface area (Å²) in [7, 11) is 0. The third-order valence-corrected chi connectivity index (χ3v) is 8.00. The number of pyridine rings is 1. The molecule has 2 aromatic carbocycles. The van der Waals surface area contributed by atoms with Gasteiger partial charge in [0.2, 0.25) is 0 Å². The van der Waals surface area contributed by atoms with E-state index in [9.17, 15) is 9.90 Å².